The van der Waals surface area contributed by atoms with Crippen LogP contribution in [0.25, 0.3) is 0 Å². The summed E-state index contributed by atoms with van der Waals surface area (Å²) in [7, 11) is 0. The van der Waals surface area contributed by atoms with Crippen LogP contribution in [0.15, 0.2) is 23.4 Å². The second-order valence-electron chi connectivity index (χ2n) is 2.83. The van der Waals surface area contributed by atoms with E-state index in [1.165, 1.54) is 13.0 Å². The van der Waals surface area contributed by atoms with Gasteiger partial charge in [-0.3, -0.25) is 4.79 Å². The summed E-state index contributed by atoms with van der Waals surface area (Å²) >= 11 is 4.86. The highest BCUT2D eigenvalue weighted by molar-refractivity contribution is 7.81. The number of nitrogens with one attached hydrogen (secondary N) is 1. The smallest absolute Gasteiger partial charge is 0.336 e. The van der Waals surface area contributed by atoms with Gasteiger partial charge in [0.25, 0.3) is 0 Å². The van der Waals surface area contributed by atoms with E-state index < -0.39 is 5.97 Å². The summed E-state index contributed by atoms with van der Waals surface area (Å²) in [5.74, 6) is -1.30. The third-order valence-corrected chi connectivity index (χ3v) is 2.04. The van der Waals surface area contributed by atoms with Gasteiger partial charge in [0.2, 0.25) is 5.91 Å². The first-order chi connectivity index (χ1) is 6.50. The lowest BCUT2D eigenvalue weighted by atomic mass is 10.0. The van der Waals surface area contributed by atoms with Crippen LogP contribution in [0, 0.1) is 0 Å². The maximum Gasteiger partial charge on any atom is 0.336 e. The molecule has 0 aliphatic heterocycles. The summed E-state index contributed by atoms with van der Waals surface area (Å²) < 4.78 is 0. The number of carbonyl (C=O) groups excluding carboxylic acids is 1. The molecule has 0 spiro atoms. The predicted molar refractivity (Wildman–Crippen MR) is 54.8 cm³/mol. The number of thiocarbonyl (C=S) groups is 1. The van der Waals surface area contributed by atoms with Crippen LogP contribution in [0.3, 0.4) is 0 Å². The summed E-state index contributed by atoms with van der Waals surface area (Å²) in [5, 5.41) is 11.3. The van der Waals surface area contributed by atoms with E-state index in [4.69, 9.17) is 17.3 Å². The number of carboxylic acid groups (broad SMARTS) is 1. The Morgan fingerprint density at radius 2 is 2.21 bits per heavy atom. The van der Waals surface area contributed by atoms with Crippen molar-refractivity contribution in [3.05, 3.63) is 23.4 Å². The number of carboxylic acids is 1. The van der Waals surface area contributed by atoms with Gasteiger partial charge in [-0.15, -0.1) is 0 Å². The number of rotatable bonds is 2. The molecule has 0 saturated carbocycles. The van der Waals surface area contributed by atoms with E-state index >= 15 is 0 Å². The van der Waals surface area contributed by atoms with Gasteiger partial charge in [-0.25, -0.2) is 4.79 Å². The van der Waals surface area contributed by atoms with E-state index in [1.807, 2.05) is 0 Å². The molecule has 0 aromatic rings. The van der Waals surface area contributed by atoms with E-state index in [-0.39, 0.29) is 11.5 Å². The zero-order chi connectivity index (χ0) is 10.7. The van der Waals surface area contributed by atoms with Gasteiger partial charge in [0.05, 0.1) is 5.57 Å². The predicted octanol–water partition coefficient (Wildman–Crippen LogP) is 0.791. The third kappa shape index (κ3) is 2.50. The second kappa shape index (κ2) is 4.15. The Kier molecular flexibility index (Phi) is 3.14. The molecule has 0 saturated heterocycles. The van der Waals surface area contributed by atoms with E-state index in [0.717, 1.165) is 0 Å². The van der Waals surface area contributed by atoms with Gasteiger partial charge in [0.1, 0.15) is 0 Å². The SMILES string of the molecule is CC(=O)NC1=CCC(=S)C(C(=O)O)=C1. The van der Waals surface area contributed by atoms with Crippen LogP contribution in [0.5, 0.6) is 0 Å². The Bertz CT molecular complexity index is 368. The zero-order valence-electron chi connectivity index (χ0n) is 7.53. The summed E-state index contributed by atoms with van der Waals surface area (Å²) in [4.78, 5) is 21.8. The molecule has 14 heavy (non-hydrogen) atoms. The average molecular weight is 211 g/mol. The molecule has 0 aromatic heterocycles. The number of carbonyl (C=O) groups is 2. The van der Waals surface area contributed by atoms with Crippen molar-refractivity contribution >= 4 is 29.0 Å². The number of amides is 1. The first-order valence-corrected chi connectivity index (χ1v) is 4.37. The molecule has 74 valence electrons. The lowest BCUT2D eigenvalue weighted by Crippen LogP contribution is -2.22. The number of hydrogen-bond acceptors (Lipinski definition) is 3. The summed E-state index contributed by atoms with van der Waals surface area (Å²) in [6, 6.07) is 0. The number of allylic oxidation sites excluding steroid dienone is 2. The van der Waals surface area contributed by atoms with Crippen LogP contribution in [0.2, 0.25) is 0 Å². The van der Waals surface area contributed by atoms with Crippen molar-refractivity contribution in [2.24, 2.45) is 0 Å². The molecule has 1 rings (SSSR count). The lowest BCUT2D eigenvalue weighted by Gasteiger charge is -2.11. The van der Waals surface area contributed by atoms with Crippen molar-refractivity contribution in [3.63, 3.8) is 0 Å². The molecule has 1 amide bonds. The minimum absolute atomic E-state index is 0.0752. The first kappa shape index (κ1) is 10.6. The highest BCUT2D eigenvalue weighted by Gasteiger charge is 2.17. The molecule has 0 heterocycles. The molecule has 1 aliphatic carbocycles. The first-order valence-electron chi connectivity index (χ1n) is 3.96. The Labute approximate surface area is 86.3 Å². The fourth-order valence-corrected chi connectivity index (χ4v) is 1.31. The Balaban J connectivity index is 2.89. The molecule has 4 nitrogen and oxygen atoms in total. The summed E-state index contributed by atoms with van der Waals surface area (Å²) in [6.07, 6.45) is 3.44. The fourth-order valence-electron chi connectivity index (χ4n) is 1.08. The van der Waals surface area contributed by atoms with Gasteiger partial charge in [-0.2, -0.15) is 0 Å². The molecule has 1 aliphatic rings. The van der Waals surface area contributed by atoms with Crippen molar-refractivity contribution in [2.45, 2.75) is 13.3 Å². The Morgan fingerprint density at radius 3 is 2.71 bits per heavy atom. The molecular weight excluding hydrogens is 202 g/mol. The van der Waals surface area contributed by atoms with Crippen molar-refractivity contribution in [1.82, 2.24) is 5.32 Å². The number of aliphatic carboxylic acids is 1. The van der Waals surface area contributed by atoms with Gasteiger partial charge in [-0.05, 0) is 6.08 Å². The molecule has 5 heteroatoms. The van der Waals surface area contributed by atoms with Crippen LogP contribution < -0.4 is 5.32 Å². The minimum atomic E-state index is -1.06. The molecule has 0 atom stereocenters. The van der Waals surface area contributed by atoms with E-state index in [0.29, 0.717) is 17.0 Å². The van der Waals surface area contributed by atoms with Crippen LogP contribution in [-0.4, -0.2) is 21.8 Å². The highest BCUT2D eigenvalue weighted by atomic mass is 32.1. The maximum absolute atomic E-state index is 10.7. The van der Waals surface area contributed by atoms with Crippen molar-refractivity contribution < 1.29 is 14.7 Å². The third-order valence-electron chi connectivity index (χ3n) is 1.66. The second-order valence-corrected chi connectivity index (χ2v) is 3.32. The Hall–Kier alpha value is -1.49. The molecular formula is C9H9NO3S. The van der Waals surface area contributed by atoms with Crippen LogP contribution in [0.4, 0.5) is 0 Å². The minimum Gasteiger partial charge on any atom is -0.478 e. The van der Waals surface area contributed by atoms with Crippen molar-refractivity contribution in [1.29, 1.82) is 0 Å². The average Bonchev–Trinajstić information content (AvgIpc) is 2.07. The topological polar surface area (TPSA) is 66.4 Å². The zero-order valence-corrected chi connectivity index (χ0v) is 8.35. The highest BCUT2D eigenvalue weighted by Crippen LogP contribution is 2.14. The largest absolute Gasteiger partial charge is 0.478 e. The lowest BCUT2D eigenvalue weighted by molar-refractivity contribution is -0.132. The molecule has 0 unspecified atom stereocenters. The monoisotopic (exact) mass is 211 g/mol. The van der Waals surface area contributed by atoms with Gasteiger partial charge in [0, 0.05) is 23.9 Å². The quantitative estimate of drug-likeness (QED) is 0.663. The van der Waals surface area contributed by atoms with E-state index in [9.17, 15) is 9.59 Å². The fraction of sp³-hybridized carbons (Fsp3) is 0.222. The van der Waals surface area contributed by atoms with Gasteiger partial charge < -0.3 is 10.4 Å². The molecule has 0 radical (unpaired) electrons. The number of hydrogen-bond donors (Lipinski definition) is 2. The van der Waals surface area contributed by atoms with E-state index in [1.54, 1.807) is 6.08 Å². The standard InChI is InChI=1S/C9H9NO3S/c1-5(11)10-6-2-3-8(14)7(4-6)9(12)13/h2,4H,3H2,1H3,(H,10,11)(H,12,13). The van der Waals surface area contributed by atoms with E-state index in [2.05, 4.69) is 5.32 Å². The molecule has 2 N–H and O–H groups in total. The summed E-state index contributed by atoms with van der Waals surface area (Å²) in [6.45, 7) is 1.36. The summed E-state index contributed by atoms with van der Waals surface area (Å²) in [5.41, 5.74) is 0.565. The van der Waals surface area contributed by atoms with Crippen molar-refractivity contribution in [2.75, 3.05) is 0 Å². The molecule has 0 bridgehead atoms. The molecule has 0 fully saturated rings. The normalized spacial score (nSPS) is 15.6. The van der Waals surface area contributed by atoms with Crippen LogP contribution in [0.1, 0.15) is 13.3 Å². The van der Waals surface area contributed by atoms with Gasteiger partial charge in [0.15, 0.2) is 0 Å². The maximum atomic E-state index is 10.7. The van der Waals surface area contributed by atoms with Crippen LogP contribution >= 0.6 is 12.2 Å². The molecule has 0 aromatic carbocycles. The van der Waals surface area contributed by atoms with Gasteiger partial charge in [-0.1, -0.05) is 18.3 Å². The van der Waals surface area contributed by atoms with Crippen molar-refractivity contribution in [3.8, 4) is 0 Å². The van der Waals surface area contributed by atoms with Crippen LogP contribution in [-0.2, 0) is 9.59 Å². The Morgan fingerprint density at radius 1 is 1.57 bits per heavy atom. The van der Waals surface area contributed by atoms with Gasteiger partial charge >= 0.3 is 5.97 Å².